The summed E-state index contributed by atoms with van der Waals surface area (Å²) in [6.07, 6.45) is -2.29. The third-order valence-electron chi connectivity index (χ3n) is 3.10. The first-order valence-electron chi connectivity index (χ1n) is 6.15. The molecule has 0 heterocycles. The number of nitrogens with one attached hydrogen (secondary N) is 1. The molecule has 1 aromatic rings. The molecule has 0 amide bonds. The molecule has 0 bridgehead atoms. The summed E-state index contributed by atoms with van der Waals surface area (Å²) in [5.41, 5.74) is 3.55. The molecule has 0 aromatic heterocycles. The highest BCUT2D eigenvalue weighted by atomic mass is 19.3. The zero-order valence-corrected chi connectivity index (χ0v) is 11.5. The molecule has 0 aliphatic carbocycles. The van der Waals surface area contributed by atoms with Crippen LogP contribution in [0.15, 0.2) is 18.2 Å². The molecule has 0 radical (unpaired) electrons. The smallest absolute Gasteiger partial charge is 0.251 e. The van der Waals surface area contributed by atoms with Crippen LogP contribution in [0, 0.1) is 13.8 Å². The van der Waals surface area contributed by atoms with Crippen molar-refractivity contribution in [2.24, 2.45) is 0 Å². The summed E-state index contributed by atoms with van der Waals surface area (Å²) >= 11 is 0. The Hall–Kier alpha value is -1.00. The fourth-order valence-electron chi connectivity index (χ4n) is 2.10. The second kappa shape index (κ2) is 6.81. The first-order valence-corrected chi connectivity index (χ1v) is 6.15. The van der Waals surface area contributed by atoms with Crippen LogP contribution in [0.3, 0.4) is 0 Å². The van der Waals surface area contributed by atoms with Gasteiger partial charge in [0.2, 0.25) is 0 Å². The number of benzene rings is 1. The lowest BCUT2D eigenvalue weighted by molar-refractivity contribution is 0.0962. The first-order chi connectivity index (χ1) is 8.43. The van der Waals surface area contributed by atoms with Gasteiger partial charge in [-0.05, 0) is 39.1 Å². The zero-order valence-electron chi connectivity index (χ0n) is 11.5. The van der Waals surface area contributed by atoms with Crippen LogP contribution in [0.4, 0.5) is 8.78 Å². The maximum Gasteiger partial charge on any atom is 0.251 e. The fourth-order valence-corrected chi connectivity index (χ4v) is 2.10. The minimum atomic E-state index is -2.29. The first kappa shape index (κ1) is 15.1. The maximum absolute atomic E-state index is 12.3. The monoisotopic (exact) mass is 256 g/mol. The van der Waals surface area contributed by atoms with Crippen LogP contribution in [-0.4, -0.2) is 38.5 Å². The third-order valence-corrected chi connectivity index (χ3v) is 3.10. The number of hydrogen-bond acceptors (Lipinski definition) is 2. The van der Waals surface area contributed by atoms with Crippen LogP contribution in [0.25, 0.3) is 0 Å². The predicted molar refractivity (Wildman–Crippen MR) is 71.2 cm³/mol. The summed E-state index contributed by atoms with van der Waals surface area (Å²) in [6, 6.07) is 6.33. The number of likely N-dealkylation sites (N-methyl/N-ethyl adjacent to an activating group) is 2. The average molecular weight is 256 g/mol. The van der Waals surface area contributed by atoms with Gasteiger partial charge >= 0.3 is 0 Å². The third kappa shape index (κ3) is 4.35. The zero-order chi connectivity index (χ0) is 13.7. The lowest BCUT2D eigenvalue weighted by Crippen LogP contribution is -2.34. The molecule has 1 aromatic carbocycles. The molecule has 0 spiro atoms. The van der Waals surface area contributed by atoms with Gasteiger partial charge in [0, 0.05) is 12.6 Å². The Morgan fingerprint density at radius 2 is 1.89 bits per heavy atom. The molecule has 0 saturated heterocycles. The Morgan fingerprint density at radius 3 is 2.44 bits per heavy atom. The van der Waals surface area contributed by atoms with Gasteiger partial charge in [0.25, 0.3) is 6.43 Å². The number of hydrogen-bond donors (Lipinski definition) is 1. The molecule has 1 rings (SSSR count). The molecule has 0 fully saturated rings. The van der Waals surface area contributed by atoms with Crippen LogP contribution in [0.2, 0.25) is 0 Å². The van der Waals surface area contributed by atoms with E-state index < -0.39 is 6.43 Å². The van der Waals surface area contributed by atoms with Crippen molar-refractivity contribution in [1.29, 1.82) is 0 Å². The van der Waals surface area contributed by atoms with Gasteiger partial charge < -0.3 is 5.32 Å². The number of nitrogens with zero attached hydrogens (tertiary/aromatic N) is 1. The van der Waals surface area contributed by atoms with E-state index >= 15 is 0 Å². The molecule has 1 atom stereocenters. The minimum Gasteiger partial charge on any atom is -0.312 e. The van der Waals surface area contributed by atoms with E-state index in [4.69, 9.17) is 0 Å². The van der Waals surface area contributed by atoms with Crippen LogP contribution >= 0.6 is 0 Å². The Kier molecular flexibility index (Phi) is 5.69. The van der Waals surface area contributed by atoms with Gasteiger partial charge in [-0.15, -0.1) is 0 Å². The quantitative estimate of drug-likeness (QED) is 0.842. The van der Waals surface area contributed by atoms with Gasteiger partial charge in [-0.2, -0.15) is 0 Å². The molecule has 18 heavy (non-hydrogen) atoms. The van der Waals surface area contributed by atoms with Crippen LogP contribution in [0.5, 0.6) is 0 Å². The van der Waals surface area contributed by atoms with Crippen molar-refractivity contribution in [3.8, 4) is 0 Å². The summed E-state index contributed by atoms with van der Waals surface area (Å²) in [5.74, 6) is 0. The summed E-state index contributed by atoms with van der Waals surface area (Å²) in [6.45, 7) is 4.47. The molecular formula is C14H22F2N2. The molecule has 1 N–H and O–H groups in total. The van der Waals surface area contributed by atoms with Crippen LogP contribution < -0.4 is 5.32 Å². The van der Waals surface area contributed by atoms with Crippen molar-refractivity contribution in [2.75, 3.05) is 27.2 Å². The van der Waals surface area contributed by atoms with Crippen LogP contribution in [-0.2, 0) is 0 Å². The highest BCUT2D eigenvalue weighted by Gasteiger charge is 2.16. The number of aryl methyl sites for hydroxylation is 2. The predicted octanol–water partition coefficient (Wildman–Crippen LogP) is 2.76. The molecule has 102 valence electrons. The summed E-state index contributed by atoms with van der Waals surface area (Å²) in [7, 11) is 3.59. The highest BCUT2D eigenvalue weighted by Crippen LogP contribution is 2.20. The Balaban J connectivity index is 2.79. The number of alkyl halides is 2. The van der Waals surface area contributed by atoms with E-state index in [9.17, 15) is 8.78 Å². The maximum atomic E-state index is 12.3. The fraction of sp³-hybridized carbons (Fsp3) is 0.571. The van der Waals surface area contributed by atoms with Gasteiger partial charge in [0.15, 0.2) is 0 Å². The van der Waals surface area contributed by atoms with Gasteiger partial charge in [0.1, 0.15) is 0 Å². The average Bonchev–Trinajstić information content (AvgIpc) is 2.28. The second-order valence-electron chi connectivity index (χ2n) is 4.81. The molecule has 1 unspecified atom stereocenters. The van der Waals surface area contributed by atoms with Gasteiger partial charge in [-0.1, -0.05) is 23.8 Å². The number of rotatable bonds is 6. The molecular weight excluding hydrogens is 234 g/mol. The molecule has 0 aliphatic rings. The van der Waals surface area contributed by atoms with Gasteiger partial charge in [-0.25, -0.2) is 8.78 Å². The van der Waals surface area contributed by atoms with Gasteiger partial charge in [-0.3, -0.25) is 4.90 Å². The second-order valence-corrected chi connectivity index (χ2v) is 4.81. The van der Waals surface area contributed by atoms with Crippen molar-refractivity contribution in [1.82, 2.24) is 10.2 Å². The van der Waals surface area contributed by atoms with Crippen molar-refractivity contribution >= 4 is 0 Å². The van der Waals surface area contributed by atoms with E-state index in [1.807, 2.05) is 20.9 Å². The van der Waals surface area contributed by atoms with E-state index in [2.05, 4.69) is 23.5 Å². The molecule has 0 saturated carbocycles. The van der Waals surface area contributed by atoms with E-state index in [0.29, 0.717) is 6.54 Å². The Morgan fingerprint density at radius 1 is 1.22 bits per heavy atom. The Bertz CT molecular complexity index is 380. The highest BCUT2D eigenvalue weighted by molar-refractivity contribution is 5.33. The number of halogens is 2. The largest absolute Gasteiger partial charge is 0.312 e. The Labute approximate surface area is 108 Å². The topological polar surface area (TPSA) is 15.3 Å². The van der Waals surface area contributed by atoms with Crippen LogP contribution in [0.1, 0.15) is 22.7 Å². The SMILES string of the molecule is CNC(CN(C)CC(F)F)c1cc(C)ccc1C. The van der Waals surface area contributed by atoms with Crippen molar-refractivity contribution in [2.45, 2.75) is 26.3 Å². The van der Waals surface area contributed by atoms with E-state index in [1.165, 1.54) is 16.7 Å². The molecule has 2 nitrogen and oxygen atoms in total. The normalized spacial score (nSPS) is 13.3. The molecule has 0 aliphatic heterocycles. The minimum absolute atomic E-state index is 0.0775. The summed E-state index contributed by atoms with van der Waals surface area (Å²) in [4.78, 5) is 1.66. The standard InChI is InChI=1S/C14H22F2N2/c1-10-5-6-11(2)12(7-10)13(17-3)8-18(4)9-14(15)16/h5-7,13-14,17H,8-9H2,1-4H3. The summed E-state index contributed by atoms with van der Waals surface area (Å²) in [5, 5.41) is 3.20. The van der Waals surface area contributed by atoms with Crippen molar-refractivity contribution < 1.29 is 8.78 Å². The summed E-state index contributed by atoms with van der Waals surface area (Å²) < 4.78 is 24.6. The molecule has 4 heteroatoms. The van der Waals surface area contributed by atoms with E-state index in [-0.39, 0.29) is 12.6 Å². The van der Waals surface area contributed by atoms with Gasteiger partial charge in [0.05, 0.1) is 6.54 Å². The van der Waals surface area contributed by atoms with Crippen molar-refractivity contribution in [3.63, 3.8) is 0 Å². The lowest BCUT2D eigenvalue weighted by atomic mass is 9.98. The lowest BCUT2D eigenvalue weighted by Gasteiger charge is -2.25. The van der Waals surface area contributed by atoms with E-state index in [0.717, 1.165) is 0 Å². The van der Waals surface area contributed by atoms with E-state index in [1.54, 1.807) is 11.9 Å². The van der Waals surface area contributed by atoms with Crippen molar-refractivity contribution in [3.05, 3.63) is 34.9 Å².